The van der Waals surface area contributed by atoms with Gasteiger partial charge in [0.1, 0.15) is 5.75 Å². The SMILES string of the molecule is O=C1CC(C=Cc2cccnc2)N1C(Oc1ccccc1)c1ccccc1. The Morgan fingerprint density at radius 2 is 1.74 bits per heavy atom. The second kappa shape index (κ2) is 7.87. The third kappa shape index (κ3) is 3.90. The van der Waals surface area contributed by atoms with Crippen molar-refractivity contribution in [1.82, 2.24) is 9.88 Å². The van der Waals surface area contributed by atoms with Crippen LogP contribution in [0, 0.1) is 0 Å². The molecule has 3 aromatic rings. The number of aromatic nitrogens is 1. The van der Waals surface area contributed by atoms with Gasteiger partial charge in [-0.15, -0.1) is 0 Å². The lowest BCUT2D eigenvalue weighted by Crippen LogP contribution is -2.54. The number of carbonyl (C=O) groups is 1. The first-order valence-corrected chi connectivity index (χ1v) is 8.97. The van der Waals surface area contributed by atoms with E-state index < -0.39 is 6.23 Å². The number of β-lactam (4-membered cyclic amide) rings is 1. The van der Waals surface area contributed by atoms with Crippen LogP contribution in [0.3, 0.4) is 0 Å². The third-order valence-corrected chi connectivity index (χ3v) is 4.55. The summed E-state index contributed by atoms with van der Waals surface area (Å²) in [5.74, 6) is 0.821. The summed E-state index contributed by atoms with van der Waals surface area (Å²) in [5.41, 5.74) is 1.96. The van der Waals surface area contributed by atoms with Gasteiger partial charge in [0.15, 0.2) is 0 Å². The Kier molecular flexibility index (Phi) is 4.97. The zero-order valence-electron chi connectivity index (χ0n) is 14.8. The van der Waals surface area contributed by atoms with Gasteiger partial charge < -0.3 is 4.74 Å². The molecule has 134 valence electrons. The van der Waals surface area contributed by atoms with E-state index in [1.165, 1.54) is 0 Å². The molecule has 1 aromatic heterocycles. The molecule has 4 nitrogen and oxygen atoms in total. The summed E-state index contributed by atoms with van der Waals surface area (Å²) >= 11 is 0. The summed E-state index contributed by atoms with van der Waals surface area (Å²) in [6, 6.07) is 23.3. The van der Waals surface area contributed by atoms with Crippen LogP contribution < -0.4 is 4.74 Å². The quantitative estimate of drug-likeness (QED) is 0.612. The maximum Gasteiger partial charge on any atom is 0.228 e. The van der Waals surface area contributed by atoms with Crippen LogP contribution >= 0.6 is 0 Å². The van der Waals surface area contributed by atoms with E-state index in [1.54, 1.807) is 17.3 Å². The highest BCUT2D eigenvalue weighted by Crippen LogP contribution is 2.34. The maximum atomic E-state index is 12.5. The third-order valence-electron chi connectivity index (χ3n) is 4.55. The van der Waals surface area contributed by atoms with Gasteiger partial charge in [-0.3, -0.25) is 14.7 Å². The van der Waals surface area contributed by atoms with Crippen molar-refractivity contribution < 1.29 is 9.53 Å². The molecular weight excluding hydrogens is 336 g/mol. The summed E-state index contributed by atoms with van der Waals surface area (Å²) in [6.07, 6.45) is 7.62. The maximum absolute atomic E-state index is 12.5. The molecule has 0 saturated carbocycles. The van der Waals surface area contributed by atoms with E-state index in [1.807, 2.05) is 84.9 Å². The lowest BCUT2D eigenvalue weighted by atomic mass is 9.98. The van der Waals surface area contributed by atoms with Gasteiger partial charge in [0.2, 0.25) is 12.1 Å². The first-order valence-electron chi connectivity index (χ1n) is 8.97. The predicted molar refractivity (Wildman–Crippen MR) is 105 cm³/mol. The van der Waals surface area contributed by atoms with Gasteiger partial charge >= 0.3 is 0 Å². The summed E-state index contributed by atoms with van der Waals surface area (Å²) in [5, 5.41) is 0. The highest BCUT2D eigenvalue weighted by atomic mass is 16.5. The molecule has 1 aliphatic rings. The fourth-order valence-electron chi connectivity index (χ4n) is 3.15. The number of nitrogens with zero attached hydrogens (tertiary/aromatic N) is 2. The first-order chi connectivity index (χ1) is 13.3. The van der Waals surface area contributed by atoms with E-state index in [-0.39, 0.29) is 11.9 Å². The molecule has 2 heterocycles. The van der Waals surface area contributed by atoms with E-state index >= 15 is 0 Å². The Balaban J connectivity index is 1.60. The molecule has 4 rings (SSSR count). The Hall–Kier alpha value is -3.40. The molecule has 2 atom stereocenters. The summed E-state index contributed by atoms with van der Waals surface area (Å²) in [6.45, 7) is 0. The number of pyridine rings is 1. The number of carbonyl (C=O) groups excluding carboxylic acids is 1. The molecule has 0 bridgehead atoms. The lowest BCUT2D eigenvalue weighted by Gasteiger charge is -2.44. The van der Waals surface area contributed by atoms with Crippen molar-refractivity contribution in [2.24, 2.45) is 0 Å². The molecular formula is C23H20N2O2. The topological polar surface area (TPSA) is 42.4 Å². The van der Waals surface area contributed by atoms with Gasteiger partial charge in [0, 0.05) is 18.0 Å². The van der Waals surface area contributed by atoms with Crippen LogP contribution in [0.25, 0.3) is 6.08 Å². The Morgan fingerprint density at radius 3 is 2.41 bits per heavy atom. The predicted octanol–water partition coefficient (Wildman–Crippen LogP) is 4.47. The highest BCUT2D eigenvalue weighted by Gasteiger charge is 2.41. The Bertz CT molecular complexity index is 911. The van der Waals surface area contributed by atoms with Crippen LogP contribution in [0.4, 0.5) is 0 Å². The number of hydrogen-bond donors (Lipinski definition) is 0. The van der Waals surface area contributed by atoms with Gasteiger partial charge in [-0.2, -0.15) is 0 Å². The van der Waals surface area contributed by atoms with E-state index in [0.29, 0.717) is 6.42 Å². The van der Waals surface area contributed by atoms with E-state index in [4.69, 9.17) is 4.74 Å². The monoisotopic (exact) mass is 356 g/mol. The van der Waals surface area contributed by atoms with Crippen LogP contribution in [0.15, 0.2) is 91.3 Å². The van der Waals surface area contributed by atoms with Gasteiger partial charge in [-0.25, -0.2) is 0 Å². The van der Waals surface area contributed by atoms with Crippen molar-refractivity contribution in [3.63, 3.8) is 0 Å². The van der Waals surface area contributed by atoms with Crippen LogP contribution in [0.1, 0.15) is 23.8 Å². The van der Waals surface area contributed by atoms with E-state index in [9.17, 15) is 4.79 Å². The number of para-hydroxylation sites is 1. The first kappa shape index (κ1) is 17.0. The van der Waals surface area contributed by atoms with Crippen molar-refractivity contribution in [2.45, 2.75) is 18.7 Å². The van der Waals surface area contributed by atoms with Crippen LogP contribution in [-0.4, -0.2) is 21.8 Å². The standard InChI is InChI=1S/C23H20N2O2/c26-22-16-20(14-13-18-8-7-15-24-17-18)25(22)23(19-9-3-1-4-10-19)27-21-11-5-2-6-12-21/h1-15,17,20,23H,16H2. The number of benzene rings is 2. The minimum atomic E-state index is -0.460. The highest BCUT2D eigenvalue weighted by molar-refractivity contribution is 5.84. The van der Waals surface area contributed by atoms with Gasteiger partial charge in [0.05, 0.1) is 12.5 Å². The van der Waals surface area contributed by atoms with Crippen molar-refractivity contribution in [3.05, 3.63) is 102 Å². The second-order valence-electron chi connectivity index (χ2n) is 6.41. The molecule has 0 radical (unpaired) electrons. The van der Waals surface area contributed by atoms with Crippen LogP contribution in [0.2, 0.25) is 0 Å². The molecule has 1 fully saturated rings. The molecule has 1 aliphatic heterocycles. The summed E-state index contributed by atoms with van der Waals surface area (Å²) in [7, 11) is 0. The Morgan fingerprint density at radius 1 is 1.00 bits per heavy atom. The molecule has 27 heavy (non-hydrogen) atoms. The number of rotatable bonds is 6. The normalized spacial score (nSPS) is 17.6. The zero-order valence-corrected chi connectivity index (χ0v) is 14.8. The number of hydrogen-bond acceptors (Lipinski definition) is 3. The number of amides is 1. The van der Waals surface area contributed by atoms with Gasteiger partial charge in [-0.1, -0.05) is 66.7 Å². The molecule has 0 aliphatic carbocycles. The lowest BCUT2D eigenvalue weighted by molar-refractivity contribution is -0.157. The van der Waals surface area contributed by atoms with E-state index in [0.717, 1.165) is 16.9 Å². The summed E-state index contributed by atoms with van der Waals surface area (Å²) in [4.78, 5) is 18.4. The molecule has 0 spiro atoms. The molecule has 2 aromatic carbocycles. The smallest absolute Gasteiger partial charge is 0.228 e. The average molecular weight is 356 g/mol. The second-order valence-corrected chi connectivity index (χ2v) is 6.41. The Labute approximate surface area is 158 Å². The van der Waals surface area contributed by atoms with Crippen LogP contribution in [-0.2, 0) is 4.79 Å². The molecule has 1 amide bonds. The molecule has 4 heteroatoms. The molecule has 2 unspecified atom stereocenters. The average Bonchev–Trinajstić information content (AvgIpc) is 2.72. The fourth-order valence-corrected chi connectivity index (χ4v) is 3.15. The van der Waals surface area contributed by atoms with Crippen molar-refractivity contribution in [1.29, 1.82) is 0 Å². The number of likely N-dealkylation sites (tertiary alicyclic amines) is 1. The fraction of sp³-hybridized carbons (Fsp3) is 0.130. The van der Waals surface area contributed by atoms with Crippen molar-refractivity contribution in [3.8, 4) is 5.75 Å². The van der Waals surface area contributed by atoms with Crippen molar-refractivity contribution in [2.75, 3.05) is 0 Å². The summed E-state index contributed by atoms with van der Waals surface area (Å²) < 4.78 is 6.22. The molecule has 1 saturated heterocycles. The van der Waals surface area contributed by atoms with Crippen molar-refractivity contribution >= 4 is 12.0 Å². The van der Waals surface area contributed by atoms with Gasteiger partial charge in [-0.05, 0) is 23.8 Å². The molecule has 0 N–H and O–H groups in total. The number of ether oxygens (including phenoxy) is 1. The minimum absolute atomic E-state index is 0.00776. The van der Waals surface area contributed by atoms with Crippen LogP contribution in [0.5, 0.6) is 5.75 Å². The van der Waals surface area contributed by atoms with Gasteiger partial charge in [0.25, 0.3) is 0 Å². The van der Waals surface area contributed by atoms with E-state index in [2.05, 4.69) is 4.98 Å². The minimum Gasteiger partial charge on any atom is -0.466 e. The zero-order chi connectivity index (χ0) is 18.5. The largest absolute Gasteiger partial charge is 0.466 e.